The number of pyridine rings is 1. The van der Waals surface area contributed by atoms with E-state index in [1.165, 1.54) is 0 Å². The van der Waals surface area contributed by atoms with Crippen LogP contribution in [0.3, 0.4) is 0 Å². The van der Waals surface area contributed by atoms with Crippen molar-refractivity contribution in [3.8, 4) is 22.5 Å². The summed E-state index contributed by atoms with van der Waals surface area (Å²) in [5.74, 6) is 0.250. The van der Waals surface area contributed by atoms with E-state index in [4.69, 9.17) is 10.3 Å². The van der Waals surface area contributed by atoms with Crippen LogP contribution in [-0.4, -0.2) is 20.3 Å². The second kappa shape index (κ2) is 5.32. The molecule has 6 heteroatoms. The van der Waals surface area contributed by atoms with E-state index in [-0.39, 0.29) is 5.88 Å². The van der Waals surface area contributed by atoms with Crippen LogP contribution in [0.2, 0.25) is 0 Å². The molecule has 0 amide bonds. The van der Waals surface area contributed by atoms with Gasteiger partial charge in [0.2, 0.25) is 5.88 Å². The molecule has 0 aromatic carbocycles. The second-order valence-electron chi connectivity index (χ2n) is 4.69. The van der Waals surface area contributed by atoms with Gasteiger partial charge in [0.25, 0.3) is 0 Å². The number of hydrogen-bond acceptors (Lipinski definition) is 6. The summed E-state index contributed by atoms with van der Waals surface area (Å²) in [6, 6.07) is 7.56. The molecule has 106 valence electrons. The van der Waals surface area contributed by atoms with Crippen LogP contribution in [0.1, 0.15) is 18.3 Å². The van der Waals surface area contributed by atoms with Crippen LogP contribution < -0.4 is 5.73 Å². The zero-order valence-corrected chi connectivity index (χ0v) is 11.9. The molecule has 0 saturated heterocycles. The van der Waals surface area contributed by atoms with Crippen molar-refractivity contribution in [3.63, 3.8) is 0 Å². The van der Waals surface area contributed by atoms with Crippen molar-refractivity contribution >= 4 is 5.88 Å². The van der Waals surface area contributed by atoms with E-state index in [0.717, 1.165) is 29.1 Å². The van der Waals surface area contributed by atoms with Crippen molar-refractivity contribution in [2.45, 2.75) is 20.3 Å². The van der Waals surface area contributed by atoms with Gasteiger partial charge in [-0.3, -0.25) is 4.98 Å². The average Bonchev–Trinajstić information content (AvgIpc) is 2.89. The molecular weight excluding hydrogens is 266 g/mol. The quantitative estimate of drug-likeness (QED) is 0.793. The minimum Gasteiger partial charge on any atom is -0.367 e. The highest BCUT2D eigenvalue weighted by Crippen LogP contribution is 2.36. The molecule has 0 bridgehead atoms. The highest BCUT2D eigenvalue weighted by atomic mass is 16.5. The fourth-order valence-corrected chi connectivity index (χ4v) is 2.23. The molecule has 3 heterocycles. The largest absolute Gasteiger partial charge is 0.367 e. The summed E-state index contributed by atoms with van der Waals surface area (Å²) < 4.78 is 5.18. The monoisotopic (exact) mass is 281 g/mol. The SMILES string of the molecule is CCc1nnc(C)cc1-c1noc(N)c1-c1ccccn1. The van der Waals surface area contributed by atoms with E-state index < -0.39 is 0 Å². The topological polar surface area (TPSA) is 90.7 Å². The van der Waals surface area contributed by atoms with Gasteiger partial charge in [-0.1, -0.05) is 18.1 Å². The Morgan fingerprint density at radius 3 is 2.81 bits per heavy atom. The number of rotatable bonds is 3. The van der Waals surface area contributed by atoms with Crippen LogP contribution in [0.4, 0.5) is 5.88 Å². The zero-order valence-electron chi connectivity index (χ0n) is 11.9. The van der Waals surface area contributed by atoms with Crippen LogP contribution in [0.15, 0.2) is 35.0 Å². The maximum atomic E-state index is 5.94. The van der Waals surface area contributed by atoms with Crippen LogP contribution >= 0.6 is 0 Å². The number of anilines is 1. The first kappa shape index (κ1) is 13.2. The van der Waals surface area contributed by atoms with Crippen molar-refractivity contribution in [2.75, 3.05) is 5.73 Å². The number of nitrogens with two attached hydrogens (primary N) is 1. The summed E-state index contributed by atoms with van der Waals surface area (Å²) in [6.45, 7) is 3.91. The van der Waals surface area contributed by atoms with Gasteiger partial charge in [-0.15, -0.1) is 0 Å². The number of nitrogen functional groups attached to an aromatic ring is 1. The van der Waals surface area contributed by atoms with Crippen molar-refractivity contribution in [2.24, 2.45) is 0 Å². The average molecular weight is 281 g/mol. The molecule has 3 aromatic heterocycles. The number of nitrogens with zero attached hydrogens (tertiary/aromatic N) is 4. The Hall–Kier alpha value is -2.76. The maximum Gasteiger partial charge on any atom is 0.232 e. The Morgan fingerprint density at radius 1 is 1.24 bits per heavy atom. The highest BCUT2D eigenvalue weighted by Gasteiger charge is 2.21. The maximum absolute atomic E-state index is 5.94. The molecule has 0 aliphatic heterocycles. The van der Waals surface area contributed by atoms with Crippen molar-refractivity contribution < 1.29 is 4.52 Å². The lowest BCUT2D eigenvalue weighted by Gasteiger charge is -2.06. The number of hydrogen-bond donors (Lipinski definition) is 1. The van der Waals surface area contributed by atoms with Crippen molar-refractivity contribution in [1.82, 2.24) is 20.3 Å². The minimum atomic E-state index is 0.250. The van der Waals surface area contributed by atoms with Crippen LogP contribution in [-0.2, 0) is 6.42 Å². The van der Waals surface area contributed by atoms with Crippen LogP contribution in [0.25, 0.3) is 22.5 Å². The van der Waals surface area contributed by atoms with E-state index in [1.807, 2.05) is 38.1 Å². The van der Waals surface area contributed by atoms with E-state index >= 15 is 0 Å². The summed E-state index contributed by atoms with van der Waals surface area (Å²) in [7, 11) is 0. The van der Waals surface area contributed by atoms with Gasteiger partial charge in [-0.05, 0) is 31.5 Å². The normalized spacial score (nSPS) is 10.8. The van der Waals surface area contributed by atoms with Crippen molar-refractivity contribution in [3.05, 3.63) is 41.9 Å². The zero-order chi connectivity index (χ0) is 14.8. The standard InChI is InChI=1S/C15H15N5O/c1-3-11-10(8-9(2)18-19-11)14-13(15(16)21-20-14)12-6-4-5-7-17-12/h4-8H,3,16H2,1-2H3. The lowest BCUT2D eigenvalue weighted by atomic mass is 10.0. The summed E-state index contributed by atoms with van der Waals surface area (Å²) in [5, 5.41) is 12.4. The smallest absolute Gasteiger partial charge is 0.232 e. The van der Waals surface area contributed by atoms with E-state index in [2.05, 4.69) is 20.3 Å². The first-order valence-electron chi connectivity index (χ1n) is 6.70. The van der Waals surface area contributed by atoms with Gasteiger partial charge in [0.05, 0.1) is 22.6 Å². The molecule has 0 saturated carbocycles. The predicted octanol–water partition coefficient (Wildman–Crippen LogP) is 2.65. The summed E-state index contributed by atoms with van der Waals surface area (Å²) in [4.78, 5) is 4.33. The van der Waals surface area contributed by atoms with Gasteiger partial charge in [-0.25, -0.2) is 0 Å². The van der Waals surface area contributed by atoms with Gasteiger partial charge in [0.1, 0.15) is 5.69 Å². The molecule has 0 atom stereocenters. The molecule has 0 fully saturated rings. The highest BCUT2D eigenvalue weighted by molar-refractivity contribution is 5.85. The van der Waals surface area contributed by atoms with Crippen LogP contribution in [0.5, 0.6) is 0 Å². The molecule has 21 heavy (non-hydrogen) atoms. The van der Waals surface area contributed by atoms with Gasteiger partial charge in [0.15, 0.2) is 0 Å². The Bertz CT molecular complexity index is 767. The van der Waals surface area contributed by atoms with E-state index in [9.17, 15) is 0 Å². The third kappa shape index (κ3) is 2.35. The van der Waals surface area contributed by atoms with Crippen molar-refractivity contribution in [1.29, 1.82) is 0 Å². The first-order valence-corrected chi connectivity index (χ1v) is 6.70. The molecule has 0 aliphatic rings. The Morgan fingerprint density at radius 2 is 2.10 bits per heavy atom. The molecule has 0 spiro atoms. The molecule has 0 radical (unpaired) electrons. The Balaban J connectivity index is 2.24. The molecule has 0 aliphatic carbocycles. The third-order valence-corrected chi connectivity index (χ3v) is 3.22. The van der Waals surface area contributed by atoms with Gasteiger partial charge in [0, 0.05) is 11.8 Å². The first-order chi connectivity index (χ1) is 10.2. The number of aromatic nitrogens is 4. The van der Waals surface area contributed by atoms with Gasteiger partial charge in [-0.2, -0.15) is 10.2 Å². The lowest BCUT2D eigenvalue weighted by molar-refractivity contribution is 0.439. The predicted molar refractivity (Wildman–Crippen MR) is 79.3 cm³/mol. The second-order valence-corrected chi connectivity index (χ2v) is 4.69. The van der Waals surface area contributed by atoms with Crippen LogP contribution in [0, 0.1) is 6.92 Å². The third-order valence-electron chi connectivity index (χ3n) is 3.22. The summed E-state index contributed by atoms with van der Waals surface area (Å²) in [6.07, 6.45) is 2.46. The van der Waals surface area contributed by atoms with E-state index in [1.54, 1.807) is 6.20 Å². The molecule has 0 unspecified atom stereocenters. The fourth-order valence-electron chi connectivity index (χ4n) is 2.23. The fraction of sp³-hybridized carbons (Fsp3) is 0.200. The molecule has 6 nitrogen and oxygen atoms in total. The molecule has 2 N–H and O–H groups in total. The molecule has 3 aromatic rings. The van der Waals surface area contributed by atoms with E-state index in [0.29, 0.717) is 11.3 Å². The minimum absolute atomic E-state index is 0.250. The summed E-state index contributed by atoms with van der Waals surface area (Å²) >= 11 is 0. The summed E-state index contributed by atoms with van der Waals surface area (Å²) in [5.41, 5.74) is 10.6. The Kier molecular flexibility index (Phi) is 3.35. The van der Waals surface area contributed by atoms with Gasteiger partial charge < -0.3 is 10.3 Å². The molecule has 3 rings (SSSR count). The van der Waals surface area contributed by atoms with Gasteiger partial charge >= 0.3 is 0 Å². The number of aryl methyl sites for hydroxylation is 2. The lowest BCUT2D eigenvalue weighted by Crippen LogP contribution is -1.99. The molecular formula is C15H15N5O. The Labute approximate surface area is 122 Å².